The molecule has 70 valence electrons. The Hall–Kier alpha value is 0.170. The second kappa shape index (κ2) is 3.92. The van der Waals surface area contributed by atoms with Gasteiger partial charge in [0.15, 0.2) is 0 Å². The Morgan fingerprint density at radius 2 is 1.58 bits per heavy atom. The van der Waals surface area contributed by atoms with E-state index in [0.29, 0.717) is 5.41 Å². The van der Waals surface area contributed by atoms with Gasteiger partial charge < -0.3 is 0 Å². The number of hydrogen-bond acceptors (Lipinski definition) is 0. The molecule has 0 unspecified atom stereocenters. The van der Waals surface area contributed by atoms with E-state index in [4.69, 9.17) is 0 Å². The van der Waals surface area contributed by atoms with E-state index in [0.717, 1.165) is 5.92 Å². The smallest absolute Gasteiger partial charge is 0.0130 e. The van der Waals surface area contributed by atoms with E-state index in [2.05, 4.69) is 29.6 Å². The Bertz CT molecular complexity index is 158. The van der Waals surface area contributed by atoms with Gasteiger partial charge in [0.05, 0.1) is 0 Å². The Labute approximate surface area is 79.0 Å². The van der Waals surface area contributed by atoms with Gasteiger partial charge in [-0.25, -0.2) is 0 Å². The summed E-state index contributed by atoms with van der Waals surface area (Å²) in [5, 5.41) is 1.53. The SMILES string of the molecule is CC(C)(C)C(=P)C1CCCCC1. The summed E-state index contributed by atoms with van der Waals surface area (Å²) in [7, 11) is 3.83. The van der Waals surface area contributed by atoms with Crippen molar-refractivity contribution in [3.63, 3.8) is 0 Å². The van der Waals surface area contributed by atoms with E-state index >= 15 is 0 Å². The first-order valence-electron chi connectivity index (χ1n) is 5.11. The quantitative estimate of drug-likeness (QED) is 0.542. The molecular weight excluding hydrogens is 163 g/mol. The average molecular weight is 184 g/mol. The van der Waals surface area contributed by atoms with E-state index in [1.54, 1.807) is 0 Å². The fourth-order valence-electron chi connectivity index (χ4n) is 2.00. The van der Waals surface area contributed by atoms with Crippen LogP contribution in [0, 0.1) is 11.3 Å². The van der Waals surface area contributed by atoms with Gasteiger partial charge in [-0.05, 0) is 29.5 Å². The lowest BCUT2D eigenvalue weighted by molar-refractivity contribution is 0.416. The zero-order chi connectivity index (χ0) is 9.19. The molecule has 0 aromatic rings. The minimum absolute atomic E-state index is 0.346. The van der Waals surface area contributed by atoms with Gasteiger partial charge in [-0.3, -0.25) is 0 Å². The third-order valence-corrected chi connectivity index (χ3v) is 3.98. The average Bonchev–Trinajstić information content (AvgIpc) is 2.03. The second-order valence-electron chi connectivity index (χ2n) is 5.00. The monoisotopic (exact) mass is 184 g/mol. The summed E-state index contributed by atoms with van der Waals surface area (Å²) in [6.07, 6.45) is 7.09. The van der Waals surface area contributed by atoms with Crippen molar-refractivity contribution in [1.82, 2.24) is 0 Å². The molecular formula is C11H21P. The maximum Gasteiger partial charge on any atom is -0.0130 e. The molecule has 1 fully saturated rings. The minimum atomic E-state index is 0.346. The first-order valence-corrected chi connectivity index (χ1v) is 5.61. The van der Waals surface area contributed by atoms with Crippen molar-refractivity contribution >= 4 is 14.2 Å². The van der Waals surface area contributed by atoms with Gasteiger partial charge >= 0.3 is 0 Å². The van der Waals surface area contributed by atoms with Crippen molar-refractivity contribution in [2.45, 2.75) is 52.9 Å². The highest BCUT2D eigenvalue weighted by Crippen LogP contribution is 2.32. The molecule has 1 heteroatoms. The van der Waals surface area contributed by atoms with Crippen molar-refractivity contribution in [2.24, 2.45) is 11.3 Å². The molecule has 0 bridgehead atoms. The summed E-state index contributed by atoms with van der Waals surface area (Å²) in [4.78, 5) is 0. The summed E-state index contributed by atoms with van der Waals surface area (Å²) in [5.41, 5.74) is 0.346. The summed E-state index contributed by atoms with van der Waals surface area (Å²) >= 11 is 0. The zero-order valence-electron chi connectivity index (χ0n) is 8.61. The normalized spacial score (nSPS) is 20.9. The van der Waals surface area contributed by atoms with Gasteiger partial charge in [-0.15, -0.1) is 8.86 Å². The molecule has 1 saturated carbocycles. The third kappa shape index (κ3) is 2.59. The molecule has 1 rings (SSSR count). The van der Waals surface area contributed by atoms with Crippen LogP contribution < -0.4 is 0 Å². The lowest BCUT2D eigenvalue weighted by atomic mass is 9.77. The van der Waals surface area contributed by atoms with Crippen LogP contribution in [0.2, 0.25) is 0 Å². The van der Waals surface area contributed by atoms with Crippen LogP contribution in [0.25, 0.3) is 0 Å². The van der Waals surface area contributed by atoms with Crippen LogP contribution >= 0.6 is 8.86 Å². The van der Waals surface area contributed by atoms with Crippen LogP contribution in [-0.2, 0) is 0 Å². The van der Waals surface area contributed by atoms with Gasteiger partial charge in [0.25, 0.3) is 0 Å². The fraction of sp³-hybridized carbons (Fsp3) is 0.909. The largest absolute Gasteiger partial charge is 0.122 e. The van der Waals surface area contributed by atoms with E-state index in [-0.39, 0.29) is 0 Å². The zero-order valence-corrected chi connectivity index (χ0v) is 9.61. The summed E-state index contributed by atoms with van der Waals surface area (Å²) in [6, 6.07) is 0. The molecule has 0 aromatic heterocycles. The molecule has 1 aliphatic rings. The summed E-state index contributed by atoms with van der Waals surface area (Å²) in [6.45, 7) is 6.89. The summed E-state index contributed by atoms with van der Waals surface area (Å²) in [5.74, 6) is 0.843. The van der Waals surface area contributed by atoms with E-state index in [1.165, 1.54) is 37.4 Å². The van der Waals surface area contributed by atoms with Crippen molar-refractivity contribution in [2.75, 3.05) is 0 Å². The summed E-state index contributed by atoms with van der Waals surface area (Å²) < 4.78 is 0. The molecule has 1 aliphatic carbocycles. The molecule has 0 aliphatic heterocycles. The molecule has 0 nitrogen and oxygen atoms in total. The van der Waals surface area contributed by atoms with Crippen molar-refractivity contribution in [1.29, 1.82) is 0 Å². The van der Waals surface area contributed by atoms with Gasteiger partial charge in [0.2, 0.25) is 0 Å². The molecule has 0 amide bonds. The second-order valence-corrected chi connectivity index (χ2v) is 5.54. The number of hydrogen-bond donors (Lipinski definition) is 0. The van der Waals surface area contributed by atoms with Crippen LogP contribution in [0.4, 0.5) is 0 Å². The van der Waals surface area contributed by atoms with E-state index < -0.39 is 0 Å². The predicted molar refractivity (Wildman–Crippen MR) is 59.4 cm³/mol. The molecule has 0 saturated heterocycles. The lowest BCUT2D eigenvalue weighted by Crippen LogP contribution is -2.27. The van der Waals surface area contributed by atoms with Crippen LogP contribution in [-0.4, -0.2) is 5.29 Å². The standard InChI is InChI=1S/C11H21P/c1-11(2,3)10(12)9-7-5-4-6-8-9/h9,12H,4-8H2,1-3H3. The van der Waals surface area contributed by atoms with Crippen LogP contribution in [0.15, 0.2) is 0 Å². The van der Waals surface area contributed by atoms with Crippen molar-refractivity contribution in [3.8, 4) is 0 Å². The van der Waals surface area contributed by atoms with E-state index in [1.807, 2.05) is 0 Å². The van der Waals surface area contributed by atoms with Gasteiger partial charge in [0.1, 0.15) is 0 Å². The third-order valence-electron chi connectivity index (χ3n) is 2.82. The van der Waals surface area contributed by atoms with Gasteiger partial charge in [-0.2, -0.15) is 0 Å². The first kappa shape index (κ1) is 10.3. The predicted octanol–water partition coefficient (Wildman–Crippen LogP) is 3.93. The van der Waals surface area contributed by atoms with Gasteiger partial charge in [0, 0.05) is 0 Å². The minimum Gasteiger partial charge on any atom is -0.122 e. The molecule has 0 heterocycles. The maximum atomic E-state index is 3.83. The molecule has 0 radical (unpaired) electrons. The van der Waals surface area contributed by atoms with Crippen LogP contribution in [0.5, 0.6) is 0 Å². The molecule has 0 spiro atoms. The van der Waals surface area contributed by atoms with Crippen molar-refractivity contribution < 1.29 is 0 Å². The van der Waals surface area contributed by atoms with Crippen molar-refractivity contribution in [3.05, 3.63) is 0 Å². The van der Waals surface area contributed by atoms with Gasteiger partial charge in [-0.1, -0.05) is 40.0 Å². The Kier molecular flexibility index (Phi) is 3.35. The number of rotatable bonds is 1. The molecule has 12 heavy (non-hydrogen) atoms. The van der Waals surface area contributed by atoms with E-state index in [9.17, 15) is 0 Å². The topological polar surface area (TPSA) is 0 Å². The highest BCUT2D eigenvalue weighted by Gasteiger charge is 2.25. The van der Waals surface area contributed by atoms with Crippen LogP contribution in [0.1, 0.15) is 52.9 Å². The highest BCUT2D eigenvalue weighted by molar-refractivity contribution is 7.21. The first-order chi connectivity index (χ1) is 5.52. The Morgan fingerprint density at radius 3 is 2.00 bits per heavy atom. The highest BCUT2D eigenvalue weighted by atomic mass is 31.0. The maximum absolute atomic E-state index is 3.83. The lowest BCUT2D eigenvalue weighted by Gasteiger charge is -2.31. The molecule has 0 aromatic carbocycles. The fourth-order valence-corrected chi connectivity index (χ4v) is 2.29. The van der Waals surface area contributed by atoms with Crippen LogP contribution in [0.3, 0.4) is 0 Å². The Morgan fingerprint density at radius 1 is 1.08 bits per heavy atom. The Balaban J connectivity index is 2.51. The molecule has 0 atom stereocenters. The molecule has 0 N–H and O–H groups in total.